The van der Waals surface area contributed by atoms with Crippen LogP contribution in [0, 0.1) is 0 Å². The first-order chi connectivity index (χ1) is 32.6. The van der Waals surface area contributed by atoms with Crippen LogP contribution in [0.3, 0.4) is 0 Å². The number of aryl methyl sites for hydroxylation is 1. The molecule has 4 fully saturated rings. The van der Waals surface area contributed by atoms with Crippen LogP contribution in [0.25, 0.3) is 21.5 Å². The van der Waals surface area contributed by atoms with Crippen LogP contribution in [0.15, 0.2) is 71.5 Å². The summed E-state index contributed by atoms with van der Waals surface area (Å²) in [4.78, 5) is 80.6. The molecule has 5 aromatic rings. The summed E-state index contributed by atoms with van der Waals surface area (Å²) in [5.74, 6) is -3.80. The minimum atomic E-state index is -3.70. The van der Waals surface area contributed by atoms with Crippen LogP contribution in [0.2, 0.25) is 5.02 Å². The molecule has 358 valence electrons. The number of hydrogen-bond acceptors (Lipinski definition) is 12. The number of carbonyl (C=O) groups is 5. The van der Waals surface area contributed by atoms with Crippen molar-refractivity contribution in [3.8, 4) is 16.2 Å². The third-order valence-electron chi connectivity index (χ3n) is 13.2. The lowest BCUT2D eigenvalue weighted by Crippen LogP contribution is -2.46. The quantitative estimate of drug-likeness (QED) is 0.105. The third kappa shape index (κ3) is 9.26. The van der Waals surface area contributed by atoms with Crippen molar-refractivity contribution in [2.45, 2.75) is 62.4 Å². The summed E-state index contributed by atoms with van der Waals surface area (Å²) < 4.78 is 37.2. The molecule has 4 aliphatic rings. The Hall–Kier alpha value is -6.42. The second-order valence-corrected chi connectivity index (χ2v) is 20.8. The van der Waals surface area contributed by atoms with Crippen molar-refractivity contribution in [3.05, 3.63) is 92.7 Å². The highest BCUT2D eigenvalue weighted by Gasteiger charge is 2.37. The van der Waals surface area contributed by atoms with Crippen LogP contribution in [-0.2, 0) is 37.2 Å². The number of carbonyl (C=O) groups excluding carboxylic acids is 3. The summed E-state index contributed by atoms with van der Waals surface area (Å²) in [5, 5.41) is 24.5. The minimum Gasteiger partial charge on any atom is -0.479 e. The number of benzene rings is 3. The fraction of sp³-hybridized carbons (Fsp3) is 0.391. The zero-order valence-electron chi connectivity index (χ0n) is 36.9. The topological polar surface area (TPSA) is 233 Å². The maximum absolute atomic E-state index is 13.9. The number of thiophene rings is 1. The van der Waals surface area contributed by atoms with Gasteiger partial charge in [-0.2, -0.15) is 0 Å². The number of aliphatic carboxylic acids is 1. The third-order valence-corrected chi connectivity index (χ3v) is 16.7. The summed E-state index contributed by atoms with van der Waals surface area (Å²) in [6.07, 6.45) is 2.96. The van der Waals surface area contributed by atoms with Crippen LogP contribution in [0.1, 0.15) is 59.8 Å². The highest BCUT2D eigenvalue weighted by atomic mass is 35.5. The number of fused-ring (bicyclic) bond motifs is 1. The molecule has 4 amide bonds. The van der Waals surface area contributed by atoms with Gasteiger partial charge in [0.1, 0.15) is 11.1 Å². The molecule has 0 saturated carbocycles. The van der Waals surface area contributed by atoms with Crippen molar-refractivity contribution in [1.82, 2.24) is 23.7 Å². The molecule has 19 nitrogen and oxygen atoms in total. The summed E-state index contributed by atoms with van der Waals surface area (Å²) >= 11 is 7.38. The van der Waals surface area contributed by atoms with Gasteiger partial charge in [-0.15, -0.1) is 11.3 Å². The molecule has 4 aliphatic heterocycles. The number of aromatic nitrogens is 2. The van der Waals surface area contributed by atoms with Gasteiger partial charge in [-0.05, 0) is 85.7 Å². The number of imide groups is 1. The van der Waals surface area contributed by atoms with Gasteiger partial charge >= 0.3 is 23.7 Å². The van der Waals surface area contributed by atoms with Crippen molar-refractivity contribution in [3.63, 3.8) is 0 Å². The number of ether oxygens (including phenoxy) is 1. The molecular formula is C46H49ClN8O11S2. The number of amides is 4. The van der Waals surface area contributed by atoms with Gasteiger partial charge in [0, 0.05) is 81.9 Å². The van der Waals surface area contributed by atoms with Gasteiger partial charge in [-0.1, -0.05) is 35.9 Å². The van der Waals surface area contributed by atoms with E-state index < -0.39 is 40.5 Å². The number of hydrogen-bond donors (Lipinski definition) is 4. The van der Waals surface area contributed by atoms with Gasteiger partial charge in [0.2, 0.25) is 21.8 Å². The van der Waals surface area contributed by atoms with Crippen LogP contribution in [0.4, 0.5) is 21.9 Å². The molecule has 68 heavy (non-hydrogen) atoms. The average molecular weight is 990 g/mol. The Morgan fingerprint density at radius 2 is 1.62 bits per heavy atom. The molecule has 2 aromatic heterocycles. The molecule has 0 aliphatic carbocycles. The lowest BCUT2D eigenvalue weighted by Gasteiger charge is -2.37. The minimum absolute atomic E-state index is 0.00402. The highest BCUT2D eigenvalue weighted by molar-refractivity contribution is 7.88. The summed E-state index contributed by atoms with van der Waals surface area (Å²) in [6, 6.07) is 19.2. The summed E-state index contributed by atoms with van der Waals surface area (Å²) in [7, 11) is -2.03. The van der Waals surface area contributed by atoms with Crippen molar-refractivity contribution in [2.75, 3.05) is 61.0 Å². The average Bonchev–Trinajstić information content (AvgIpc) is 3.95. The SMILES string of the molecule is Cn1c(=O)n(C2CCC(=O)NC2=O)c2ccc(N3CCC(N4CCN(c5cccc(CS(=O)(=O)N6CCC(Nc7cccc(-c8sc(C(=O)O)c(OCC(=O)O)c8Cl)c7)CC6)c5)C4=O)CC3)cc21. The smallest absolute Gasteiger partial charge is 0.349 e. The molecule has 0 spiro atoms. The van der Waals surface area contributed by atoms with Gasteiger partial charge in [0.05, 0.1) is 21.7 Å². The molecule has 9 rings (SSSR count). The number of anilines is 3. The van der Waals surface area contributed by atoms with E-state index in [9.17, 15) is 42.3 Å². The normalized spacial score (nSPS) is 18.9. The van der Waals surface area contributed by atoms with E-state index >= 15 is 0 Å². The number of imidazole rings is 1. The predicted molar refractivity (Wildman–Crippen MR) is 255 cm³/mol. The monoisotopic (exact) mass is 988 g/mol. The Bertz CT molecular complexity index is 3010. The molecule has 6 heterocycles. The number of nitrogens with one attached hydrogen (secondary N) is 2. The predicted octanol–water partition coefficient (Wildman–Crippen LogP) is 5.18. The Balaban J connectivity index is 0.778. The molecule has 0 radical (unpaired) electrons. The molecule has 0 bridgehead atoms. The number of rotatable bonds is 14. The summed E-state index contributed by atoms with van der Waals surface area (Å²) in [6.45, 7) is 2.24. The molecule has 1 atom stereocenters. The van der Waals surface area contributed by atoms with E-state index in [0.29, 0.717) is 84.8 Å². The standard InChI is InChI=1S/C46H49ClN8O11S2/c1-50-36-24-32(8-9-34(36)55(45(50)62)35-10-11-37(56)49-43(35)59)51-16-14-31(15-17-51)53-20-21-54(46(53)63)33-7-2-4-27(22-33)26-68(64,65)52-18-12-29(13-19-52)48-30-6-3-5-28(23-30)41-39(47)40(66-25-38(57)58)42(67-41)44(60)61/h2-9,22-24,29,31,35,48H,10-21,25-26H2,1H3,(H,57,58)(H,60,61)(H,49,56,59). The van der Waals surface area contributed by atoms with E-state index in [-0.39, 0.29) is 64.0 Å². The second kappa shape index (κ2) is 18.9. The van der Waals surface area contributed by atoms with Gasteiger partial charge in [0.15, 0.2) is 17.2 Å². The van der Waals surface area contributed by atoms with E-state index in [2.05, 4.69) is 15.5 Å². The van der Waals surface area contributed by atoms with Crippen LogP contribution >= 0.6 is 22.9 Å². The number of carboxylic acids is 2. The van der Waals surface area contributed by atoms with Crippen molar-refractivity contribution < 1.29 is 47.3 Å². The highest BCUT2D eigenvalue weighted by Crippen LogP contribution is 2.46. The van der Waals surface area contributed by atoms with E-state index in [1.54, 1.807) is 48.3 Å². The number of aromatic carboxylic acids is 1. The number of carboxylic acid groups (broad SMARTS) is 2. The first-order valence-electron chi connectivity index (χ1n) is 22.3. The summed E-state index contributed by atoms with van der Waals surface area (Å²) in [5.41, 5.74) is 4.47. The number of piperidine rings is 3. The second-order valence-electron chi connectivity index (χ2n) is 17.4. The molecule has 4 N–H and O–H groups in total. The lowest BCUT2D eigenvalue weighted by molar-refractivity contribution is -0.139. The first-order valence-corrected chi connectivity index (χ1v) is 25.1. The fourth-order valence-corrected chi connectivity index (χ4v) is 12.7. The maximum Gasteiger partial charge on any atom is 0.349 e. The van der Waals surface area contributed by atoms with Crippen LogP contribution < -0.4 is 30.9 Å². The van der Waals surface area contributed by atoms with E-state index in [1.807, 2.05) is 35.2 Å². The van der Waals surface area contributed by atoms with Gasteiger partial charge in [0.25, 0.3) is 0 Å². The lowest BCUT2D eigenvalue weighted by atomic mass is 10.0. The van der Waals surface area contributed by atoms with E-state index in [1.165, 1.54) is 13.4 Å². The van der Waals surface area contributed by atoms with Gasteiger partial charge in [-0.25, -0.2) is 31.9 Å². The van der Waals surface area contributed by atoms with Crippen LogP contribution in [-0.4, -0.2) is 125 Å². The Morgan fingerprint density at radius 3 is 2.34 bits per heavy atom. The van der Waals surface area contributed by atoms with Crippen molar-refractivity contribution in [1.29, 1.82) is 0 Å². The molecule has 3 aromatic carbocycles. The van der Waals surface area contributed by atoms with Crippen molar-refractivity contribution in [2.24, 2.45) is 7.05 Å². The number of urea groups is 1. The number of halogens is 1. The van der Waals surface area contributed by atoms with Gasteiger partial charge < -0.3 is 30.1 Å². The molecule has 1 unspecified atom stereocenters. The fourth-order valence-electron chi connectivity index (χ4n) is 9.71. The molecule has 22 heteroatoms. The first kappa shape index (κ1) is 46.7. The number of sulfonamides is 1. The van der Waals surface area contributed by atoms with Gasteiger partial charge in [-0.3, -0.25) is 28.9 Å². The van der Waals surface area contributed by atoms with E-state index in [4.69, 9.17) is 21.4 Å². The zero-order chi connectivity index (χ0) is 48.0. The largest absolute Gasteiger partial charge is 0.479 e. The Morgan fingerprint density at radius 1 is 0.868 bits per heavy atom. The number of nitrogens with zero attached hydrogens (tertiary/aromatic N) is 6. The van der Waals surface area contributed by atoms with Crippen LogP contribution in [0.5, 0.6) is 5.75 Å². The zero-order valence-corrected chi connectivity index (χ0v) is 39.3. The van der Waals surface area contributed by atoms with E-state index in [0.717, 1.165) is 35.6 Å². The van der Waals surface area contributed by atoms with Crippen molar-refractivity contribution >= 4 is 90.8 Å². The Kier molecular flexibility index (Phi) is 13.0. The molecule has 4 saturated heterocycles. The Labute approximate surface area is 399 Å². The maximum atomic E-state index is 13.9. The molecular weight excluding hydrogens is 940 g/mol.